The molecule has 1 heterocycles. The van der Waals surface area contributed by atoms with Crippen molar-refractivity contribution in [3.05, 3.63) is 99.1 Å². The molecule has 0 unspecified atom stereocenters. The lowest BCUT2D eigenvalue weighted by molar-refractivity contribution is -0.384. The molecule has 0 bridgehead atoms. The van der Waals surface area contributed by atoms with Crippen LogP contribution in [0.15, 0.2) is 66.7 Å². The van der Waals surface area contributed by atoms with Crippen LogP contribution in [0.2, 0.25) is 0 Å². The second-order valence-electron chi connectivity index (χ2n) is 7.47. The predicted molar refractivity (Wildman–Crippen MR) is 108 cm³/mol. The van der Waals surface area contributed by atoms with E-state index in [0.717, 1.165) is 23.4 Å². The van der Waals surface area contributed by atoms with Crippen molar-refractivity contribution < 1.29 is 9.66 Å². The summed E-state index contributed by atoms with van der Waals surface area (Å²) < 4.78 is 5.30. The number of rotatable bonds is 3. The van der Waals surface area contributed by atoms with Gasteiger partial charge in [0.15, 0.2) is 0 Å². The molecule has 0 saturated heterocycles. The Hall–Kier alpha value is -3.34. The van der Waals surface area contributed by atoms with E-state index < -0.39 is 0 Å². The first-order chi connectivity index (χ1) is 13.7. The molecular weight excluding hydrogens is 352 g/mol. The van der Waals surface area contributed by atoms with E-state index in [2.05, 4.69) is 41.7 Å². The van der Waals surface area contributed by atoms with Crippen molar-refractivity contribution in [2.24, 2.45) is 5.92 Å². The lowest BCUT2D eigenvalue weighted by Crippen LogP contribution is -2.30. The van der Waals surface area contributed by atoms with E-state index in [-0.39, 0.29) is 22.6 Å². The minimum Gasteiger partial charge on any atom is -0.497 e. The highest BCUT2D eigenvalue weighted by molar-refractivity contribution is 5.65. The maximum absolute atomic E-state index is 11.3. The van der Waals surface area contributed by atoms with Gasteiger partial charge in [0.2, 0.25) is 0 Å². The molecule has 0 spiro atoms. The van der Waals surface area contributed by atoms with Crippen LogP contribution in [0.1, 0.15) is 34.2 Å². The highest BCUT2D eigenvalue weighted by Crippen LogP contribution is 2.54. The van der Waals surface area contributed by atoms with E-state index >= 15 is 0 Å². The fraction of sp³-hybridized carbons (Fsp3) is 0.217. The monoisotopic (exact) mass is 372 g/mol. The molecule has 3 atom stereocenters. The molecule has 0 radical (unpaired) electrons. The molecule has 5 nitrogen and oxygen atoms in total. The second-order valence-corrected chi connectivity index (χ2v) is 7.47. The summed E-state index contributed by atoms with van der Waals surface area (Å²) in [6.07, 6.45) is 0.951. The third-order valence-electron chi connectivity index (χ3n) is 6.07. The highest BCUT2D eigenvalue weighted by atomic mass is 16.6. The van der Waals surface area contributed by atoms with Crippen molar-refractivity contribution >= 4 is 11.4 Å². The molecule has 5 heteroatoms. The van der Waals surface area contributed by atoms with Crippen LogP contribution >= 0.6 is 0 Å². The average molecular weight is 372 g/mol. The van der Waals surface area contributed by atoms with E-state index in [0.29, 0.717) is 5.92 Å². The Morgan fingerprint density at radius 3 is 2.57 bits per heavy atom. The summed E-state index contributed by atoms with van der Waals surface area (Å²) >= 11 is 0. The van der Waals surface area contributed by atoms with Gasteiger partial charge in [-0.3, -0.25) is 10.1 Å². The summed E-state index contributed by atoms with van der Waals surface area (Å²) in [6.45, 7) is 0. The minimum atomic E-state index is -0.314. The van der Waals surface area contributed by atoms with Crippen molar-refractivity contribution in [2.75, 3.05) is 12.4 Å². The van der Waals surface area contributed by atoms with Gasteiger partial charge in [-0.05, 0) is 52.8 Å². The maximum Gasteiger partial charge on any atom is 0.269 e. The maximum atomic E-state index is 11.3. The van der Waals surface area contributed by atoms with Crippen molar-refractivity contribution in [3.63, 3.8) is 0 Å². The molecule has 0 amide bonds. The lowest BCUT2D eigenvalue weighted by atomic mass is 9.75. The zero-order valence-electron chi connectivity index (χ0n) is 15.5. The van der Waals surface area contributed by atoms with Gasteiger partial charge in [0.1, 0.15) is 5.75 Å². The van der Waals surface area contributed by atoms with Gasteiger partial charge in [-0.2, -0.15) is 0 Å². The molecule has 0 saturated carbocycles. The summed E-state index contributed by atoms with van der Waals surface area (Å²) in [5, 5.41) is 15.0. The smallest absolute Gasteiger partial charge is 0.269 e. The number of hydrogen-bond donors (Lipinski definition) is 1. The molecule has 5 rings (SSSR count). The number of ether oxygens (including phenoxy) is 1. The van der Waals surface area contributed by atoms with E-state index in [9.17, 15) is 10.1 Å². The quantitative estimate of drug-likeness (QED) is 0.515. The van der Waals surface area contributed by atoms with Crippen LogP contribution in [0.3, 0.4) is 0 Å². The van der Waals surface area contributed by atoms with Crippen LogP contribution in [-0.4, -0.2) is 12.0 Å². The molecule has 0 aromatic heterocycles. The van der Waals surface area contributed by atoms with E-state index in [4.69, 9.17) is 4.74 Å². The molecule has 28 heavy (non-hydrogen) atoms. The van der Waals surface area contributed by atoms with Crippen LogP contribution in [0.4, 0.5) is 11.4 Å². The van der Waals surface area contributed by atoms with Crippen molar-refractivity contribution in [1.82, 2.24) is 0 Å². The largest absolute Gasteiger partial charge is 0.497 e. The van der Waals surface area contributed by atoms with Gasteiger partial charge in [0.25, 0.3) is 5.69 Å². The molecule has 1 aliphatic heterocycles. The topological polar surface area (TPSA) is 64.4 Å². The average Bonchev–Trinajstić information content (AvgIpc) is 3.12. The Bertz CT molecular complexity index is 1060. The molecule has 3 aromatic carbocycles. The first-order valence-electron chi connectivity index (χ1n) is 9.42. The van der Waals surface area contributed by atoms with Gasteiger partial charge in [0.05, 0.1) is 18.1 Å². The number of anilines is 1. The number of nitrogens with one attached hydrogen (secondary N) is 1. The fourth-order valence-corrected chi connectivity index (χ4v) is 4.80. The fourth-order valence-electron chi connectivity index (χ4n) is 4.80. The van der Waals surface area contributed by atoms with Crippen LogP contribution < -0.4 is 10.1 Å². The van der Waals surface area contributed by atoms with Crippen LogP contribution in [0, 0.1) is 16.0 Å². The number of hydrogen-bond acceptors (Lipinski definition) is 4. The van der Waals surface area contributed by atoms with E-state index in [1.165, 1.54) is 16.7 Å². The highest BCUT2D eigenvalue weighted by Gasteiger charge is 2.43. The number of nitro groups is 1. The number of nitrogens with zero attached hydrogens (tertiary/aromatic N) is 1. The second kappa shape index (κ2) is 6.37. The number of methoxy groups -OCH3 is 1. The molecule has 140 valence electrons. The number of fused-ring (bicyclic) bond motifs is 5. The minimum absolute atomic E-state index is 0.136. The standard InChI is InChI=1S/C23H20N2O3/c1-28-17-9-6-14(7-10-17)23-20-12-15-4-2-3-5-18(15)22(20)19-13-16(25(26)27)8-11-21(19)24-23/h2-11,13,20,22-24H,12H2,1H3/t20-,22+,23+/m1/s1. The van der Waals surface area contributed by atoms with Crippen molar-refractivity contribution in [3.8, 4) is 5.75 Å². The third-order valence-corrected chi connectivity index (χ3v) is 6.07. The Morgan fingerprint density at radius 2 is 1.82 bits per heavy atom. The van der Waals surface area contributed by atoms with Gasteiger partial charge in [-0.15, -0.1) is 0 Å². The van der Waals surface area contributed by atoms with Gasteiger partial charge in [0, 0.05) is 23.7 Å². The molecule has 1 N–H and O–H groups in total. The summed E-state index contributed by atoms with van der Waals surface area (Å²) in [4.78, 5) is 11.0. The van der Waals surface area contributed by atoms with Crippen molar-refractivity contribution in [1.29, 1.82) is 0 Å². The summed E-state index contributed by atoms with van der Waals surface area (Å²) in [5.74, 6) is 1.29. The summed E-state index contributed by atoms with van der Waals surface area (Å²) in [6, 6.07) is 22.0. The number of benzene rings is 3. The SMILES string of the molecule is COc1ccc([C@@H]2Nc3ccc([N+](=O)[O-])cc3[C@@H]3c4ccccc4C[C@H]32)cc1. The molecular formula is C23H20N2O3. The van der Waals surface area contributed by atoms with Crippen molar-refractivity contribution in [2.45, 2.75) is 18.4 Å². The summed E-state index contributed by atoms with van der Waals surface area (Å²) in [7, 11) is 1.67. The number of non-ortho nitro benzene ring substituents is 1. The number of nitro benzene ring substituents is 1. The summed E-state index contributed by atoms with van der Waals surface area (Å²) in [5.41, 5.74) is 5.96. The molecule has 3 aromatic rings. The molecule has 1 aliphatic carbocycles. The molecule has 2 aliphatic rings. The first-order valence-corrected chi connectivity index (χ1v) is 9.42. The van der Waals surface area contributed by atoms with Gasteiger partial charge in [-0.25, -0.2) is 0 Å². The van der Waals surface area contributed by atoms with Gasteiger partial charge >= 0.3 is 0 Å². The van der Waals surface area contributed by atoms with Gasteiger partial charge < -0.3 is 10.1 Å². The zero-order chi connectivity index (χ0) is 19.3. The lowest BCUT2D eigenvalue weighted by Gasteiger charge is -2.38. The van der Waals surface area contributed by atoms with Gasteiger partial charge in [-0.1, -0.05) is 36.4 Å². The Morgan fingerprint density at radius 1 is 1.04 bits per heavy atom. The van der Waals surface area contributed by atoms with E-state index in [1.807, 2.05) is 18.2 Å². The van der Waals surface area contributed by atoms with Crippen LogP contribution in [0.5, 0.6) is 5.75 Å². The normalized spacial score (nSPS) is 21.8. The zero-order valence-corrected chi connectivity index (χ0v) is 15.5. The Kier molecular flexibility index (Phi) is 3.83. The predicted octanol–water partition coefficient (Wildman–Crippen LogP) is 5.07. The Balaban J connectivity index is 1.65. The van der Waals surface area contributed by atoms with Crippen LogP contribution in [0.25, 0.3) is 0 Å². The van der Waals surface area contributed by atoms with Crippen LogP contribution in [-0.2, 0) is 6.42 Å². The third kappa shape index (κ3) is 2.54. The molecule has 0 fully saturated rings. The van der Waals surface area contributed by atoms with E-state index in [1.54, 1.807) is 19.2 Å². The Labute approximate surface area is 163 Å². The first kappa shape index (κ1) is 16.8.